The lowest BCUT2D eigenvalue weighted by Gasteiger charge is -2.24. The third-order valence-corrected chi connectivity index (χ3v) is 6.57. The summed E-state index contributed by atoms with van der Waals surface area (Å²) in [6.07, 6.45) is 0.529. The van der Waals surface area contributed by atoms with Gasteiger partial charge in [0, 0.05) is 29.4 Å². The average molecular weight is 495 g/mol. The van der Waals surface area contributed by atoms with Crippen molar-refractivity contribution in [3.63, 3.8) is 0 Å². The molecule has 4 rings (SSSR count). The molecule has 0 radical (unpaired) electrons. The lowest BCUT2D eigenvalue weighted by Crippen LogP contribution is -2.38. The summed E-state index contributed by atoms with van der Waals surface area (Å²) >= 11 is 6.23. The molecule has 0 aromatic heterocycles. The van der Waals surface area contributed by atoms with Gasteiger partial charge in [0.15, 0.2) is 6.10 Å². The summed E-state index contributed by atoms with van der Waals surface area (Å²) in [5.74, 6) is -0.349. The Bertz CT molecular complexity index is 1220. The van der Waals surface area contributed by atoms with Gasteiger partial charge in [-0.1, -0.05) is 61.8 Å². The first-order valence-electron chi connectivity index (χ1n) is 11.8. The van der Waals surface area contributed by atoms with Gasteiger partial charge >= 0.3 is 0 Å². The van der Waals surface area contributed by atoms with Crippen molar-refractivity contribution in [1.82, 2.24) is 4.90 Å². The second-order valence-corrected chi connectivity index (χ2v) is 9.04. The van der Waals surface area contributed by atoms with E-state index in [9.17, 15) is 14.0 Å². The monoisotopic (exact) mass is 494 g/mol. The Morgan fingerprint density at radius 3 is 2.60 bits per heavy atom. The molecule has 0 saturated carbocycles. The van der Waals surface area contributed by atoms with E-state index < -0.39 is 11.9 Å². The Morgan fingerprint density at radius 2 is 1.91 bits per heavy atom. The first-order chi connectivity index (χ1) is 16.9. The van der Waals surface area contributed by atoms with Crippen molar-refractivity contribution < 1.29 is 18.7 Å². The Balaban J connectivity index is 1.58. The number of carbonyl (C=O) groups is 2. The first-order valence-corrected chi connectivity index (χ1v) is 12.2. The standard InChI is InChI=1S/C28H28ClFN2O3/c1-3-23(18-8-6-5-7-9-18)27(33)31-22-12-13-26-20(14-22)17-32(28(34)25(4-2)35-26)16-19-10-11-21(30)15-24(19)29/h5-15,23,25H,3-4,16-17H2,1-2H3,(H,31,33)/t23-,25+/m0/s1. The van der Waals surface area contributed by atoms with Crippen molar-refractivity contribution in [2.24, 2.45) is 0 Å². The van der Waals surface area contributed by atoms with Crippen LogP contribution < -0.4 is 10.1 Å². The minimum absolute atomic E-state index is 0.0920. The minimum atomic E-state index is -0.640. The highest BCUT2D eigenvalue weighted by Gasteiger charge is 2.30. The number of anilines is 1. The second-order valence-electron chi connectivity index (χ2n) is 8.63. The summed E-state index contributed by atoms with van der Waals surface area (Å²) in [6.45, 7) is 4.37. The molecule has 2 atom stereocenters. The fourth-order valence-corrected chi connectivity index (χ4v) is 4.55. The Morgan fingerprint density at radius 1 is 1.14 bits per heavy atom. The van der Waals surface area contributed by atoms with Gasteiger partial charge in [-0.15, -0.1) is 0 Å². The number of halogens is 2. The van der Waals surface area contributed by atoms with Crippen LogP contribution in [0.15, 0.2) is 66.7 Å². The summed E-state index contributed by atoms with van der Waals surface area (Å²) in [5, 5.41) is 3.28. The van der Waals surface area contributed by atoms with Crippen LogP contribution in [0.2, 0.25) is 5.02 Å². The molecule has 7 heteroatoms. The topological polar surface area (TPSA) is 58.6 Å². The number of benzene rings is 3. The lowest BCUT2D eigenvalue weighted by atomic mass is 9.95. The van der Waals surface area contributed by atoms with Crippen LogP contribution in [0.3, 0.4) is 0 Å². The second kappa shape index (κ2) is 10.9. The molecule has 1 N–H and O–H groups in total. The highest BCUT2D eigenvalue weighted by molar-refractivity contribution is 6.31. The van der Waals surface area contributed by atoms with E-state index in [0.717, 1.165) is 11.1 Å². The molecule has 2 amide bonds. The smallest absolute Gasteiger partial charge is 0.264 e. The molecule has 0 fully saturated rings. The summed E-state index contributed by atoms with van der Waals surface area (Å²) in [4.78, 5) is 27.9. The van der Waals surface area contributed by atoms with Crippen LogP contribution in [-0.4, -0.2) is 22.8 Å². The van der Waals surface area contributed by atoms with Crippen molar-refractivity contribution >= 4 is 29.1 Å². The molecule has 1 aliphatic rings. The molecule has 3 aromatic rings. The number of nitrogens with zero attached hydrogens (tertiary/aromatic N) is 1. The zero-order chi connectivity index (χ0) is 24.9. The van der Waals surface area contributed by atoms with Gasteiger partial charge in [0.05, 0.1) is 5.92 Å². The summed E-state index contributed by atoms with van der Waals surface area (Å²) in [6, 6.07) is 19.3. The van der Waals surface area contributed by atoms with Gasteiger partial charge in [-0.05, 0) is 54.3 Å². The predicted octanol–water partition coefficient (Wildman–Crippen LogP) is 6.31. The molecule has 1 aliphatic heterocycles. The summed E-state index contributed by atoms with van der Waals surface area (Å²) < 4.78 is 19.5. The summed E-state index contributed by atoms with van der Waals surface area (Å²) in [5.41, 5.74) is 3.02. The van der Waals surface area contributed by atoms with Gasteiger partial charge in [0.1, 0.15) is 11.6 Å². The molecule has 0 unspecified atom stereocenters. The number of rotatable bonds is 7. The molecule has 0 spiro atoms. The molecule has 35 heavy (non-hydrogen) atoms. The van der Waals surface area contributed by atoms with E-state index in [1.165, 1.54) is 12.1 Å². The van der Waals surface area contributed by atoms with Crippen molar-refractivity contribution in [3.8, 4) is 5.75 Å². The third-order valence-electron chi connectivity index (χ3n) is 6.22. The van der Waals surface area contributed by atoms with Crippen LogP contribution in [0, 0.1) is 5.82 Å². The maximum atomic E-state index is 13.5. The van der Waals surface area contributed by atoms with Crippen LogP contribution in [0.4, 0.5) is 10.1 Å². The molecular weight excluding hydrogens is 467 g/mol. The fourth-order valence-electron chi connectivity index (χ4n) is 4.32. The number of hydrogen-bond donors (Lipinski definition) is 1. The van der Waals surface area contributed by atoms with E-state index in [1.54, 1.807) is 23.1 Å². The van der Waals surface area contributed by atoms with E-state index in [4.69, 9.17) is 16.3 Å². The van der Waals surface area contributed by atoms with Gasteiger partial charge < -0.3 is 15.0 Å². The molecule has 0 saturated heterocycles. The predicted molar refractivity (Wildman–Crippen MR) is 135 cm³/mol. The molecular formula is C28H28ClFN2O3. The highest BCUT2D eigenvalue weighted by atomic mass is 35.5. The fraction of sp³-hybridized carbons (Fsp3) is 0.286. The largest absolute Gasteiger partial charge is 0.480 e. The zero-order valence-electron chi connectivity index (χ0n) is 19.8. The van der Waals surface area contributed by atoms with Crippen molar-refractivity contribution in [2.45, 2.75) is 51.8 Å². The van der Waals surface area contributed by atoms with E-state index in [1.807, 2.05) is 50.2 Å². The average Bonchev–Trinajstić information content (AvgIpc) is 2.98. The molecule has 1 heterocycles. The van der Waals surface area contributed by atoms with Gasteiger partial charge in [-0.25, -0.2) is 4.39 Å². The van der Waals surface area contributed by atoms with Crippen LogP contribution in [0.1, 0.15) is 49.3 Å². The zero-order valence-corrected chi connectivity index (χ0v) is 20.5. The molecule has 0 aliphatic carbocycles. The van der Waals surface area contributed by atoms with Crippen LogP contribution in [0.25, 0.3) is 0 Å². The number of ether oxygens (including phenoxy) is 1. The maximum Gasteiger partial charge on any atom is 0.264 e. The quantitative estimate of drug-likeness (QED) is 0.418. The van der Waals surface area contributed by atoms with Crippen molar-refractivity contribution in [1.29, 1.82) is 0 Å². The Hall–Kier alpha value is -3.38. The molecule has 0 bridgehead atoms. The van der Waals surface area contributed by atoms with E-state index in [0.29, 0.717) is 29.8 Å². The highest BCUT2D eigenvalue weighted by Crippen LogP contribution is 2.32. The normalized spacial score (nSPS) is 16.2. The van der Waals surface area contributed by atoms with E-state index >= 15 is 0 Å². The number of carbonyl (C=O) groups excluding carboxylic acids is 2. The minimum Gasteiger partial charge on any atom is -0.480 e. The number of hydrogen-bond acceptors (Lipinski definition) is 3. The molecule has 182 valence electrons. The number of fused-ring (bicyclic) bond motifs is 1. The maximum absolute atomic E-state index is 13.5. The van der Waals surface area contributed by atoms with Crippen LogP contribution in [-0.2, 0) is 22.7 Å². The SMILES string of the molecule is CC[C@H](C(=O)Nc1ccc2c(c1)CN(Cc1ccc(F)cc1Cl)C(=O)[C@@H](CC)O2)c1ccccc1. The number of amides is 2. The van der Waals surface area contributed by atoms with Crippen molar-refractivity contribution in [3.05, 3.63) is 94.3 Å². The molecule has 3 aromatic carbocycles. The number of nitrogens with one attached hydrogen (secondary N) is 1. The van der Waals surface area contributed by atoms with E-state index in [-0.39, 0.29) is 35.8 Å². The van der Waals surface area contributed by atoms with Gasteiger partial charge in [0.25, 0.3) is 5.91 Å². The van der Waals surface area contributed by atoms with Crippen LogP contribution in [0.5, 0.6) is 5.75 Å². The lowest BCUT2D eigenvalue weighted by molar-refractivity contribution is -0.139. The van der Waals surface area contributed by atoms with Crippen molar-refractivity contribution in [2.75, 3.05) is 5.32 Å². The van der Waals surface area contributed by atoms with E-state index in [2.05, 4.69) is 5.32 Å². The van der Waals surface area contributed by atoms with Gasteiger partial charge in [-0.2, -0.15) is 0 Å². The third kappa shape index (κ3) is 5.65. The van der Waals surface area contributed by atoms with Gasteiger partial charge in [0.2, 0.25) is 5.91 Å². The van der Waals surface area contributed by atoms with Crippen LogP contribution >= 0.6 is 11.6 Å². The Kier molecular flexibility index (Phi) is 7.71. The first kappa shape index (κ1) is 24.7. The Labute approximate surface area is 209 Å². The summed E-state index contributed by atoms with van der Waals surface area (Å²) in [7, 11) is 0. The molecule has 5 nitrogen and oxygen atoms in total. The van der Waals surface area contributed by atoms with Gasteiger partial charge in [-0.3, -0.25) is 9.59 Å².